The Morgan fingerprint density at radius 1 is 1.00 bits per heavy atom. The van der Waals surface area contributed by atoms with E-state index in [0.29, 0.717) is 5.92 Å². The van der Waals surface area contributed by atoms with Gasteiger partial charge in [-0.25, -0.2) is 0 Å². The summed E-state index contributed by atoms with van der Waals surface area (Å²) >= 11 is 0. The molecule has 0 saturated carbocycles. The first-order chi connectivity index (χ1) is 6.86. The van der Waals surface area contributed by atoms with E-state index in [4.69, 9.17) is 0 Å². The molecule has 0 unspecified atom stereocenters. The topological polar surface area (TPSA) is 0 Å². The maximum Gasteiger partial charge on any atom is -0.0000732 e. The standard InChI is InChI=1S/C14H12/c1-10-8-9-12-5-2-4-11-6-3-7-13(10)14(11)12/h2-10H,1H3/t10-/m1/s1. The van der Waals surface area contributed by atoms with Gasteiger partial charge >= 0.3 is 0 Å². The second kappa shape index (κ2) is 2.71. The van der Waals surface area contributed by atoms with Crippen LogP contribution in [0.25, 0.3) is 16.8 Å². The largest absolute Gasteiger partial charge is 0.0766 e. The lowest BCUT2D eigenvalue weighted by molar-refractivity contribution is 0.979. The van der Waals surface area contributed by atoms with Gasteiger partial charge in [0.05, 0.1) is 0 Å². The van der Waals surface area contributed by atoms with Crippen LogP contribution in [0.2, 0.25) is 0 Å². The van der Waals surface area contributed by atoms with E-state index in [2.05, 4.69) is 55.5 Å². The molecule has 0 aromatic heterocycles. The lowest BCUT2D eigenvalue weighted by Gasteiger charge is -2.17. The predicted molar refractivity (Wildman–Crippen MR) is 61.4 cm³/mol. The summed E-state index contributed by atoms with van der Waals surface area (Å²) in [5.41, 5.74) is 2.82. The quantitative estimate of drug-likeness (QED) is 0.575. The first kappa shape index (κ1) is 7.81. The van der Waals surface area contributed by atoms with Crippen LogP contribution >= 0.6 is 0 Å². The maximum absolute atomic E-state index is 2.27. The van der Waals surface area contributed by atoms with E-state index in [1.807, 2.05) is 0 Å². The highest BCUT2D eigenvalue weighted by molar-refractivity contribution is 5.95. The van der Waals surface area contributed by atoms with Gasteiger partial charge in [-0.15, -0.1) is 0 Å². The van der Waals surface area contributed by atoms with Crippen LogP contribution in [0.1, 0.15) is 24.0 Å². The normalized spacial score (nSPS) is 18.8. The second-order valence-corrected chi connectivity index (χ2v) is 3.94. The zero-order chi connectivity index (χ0) is 9.54. The van der Waals surface area contributed by atoms with Gasteiger partial charge in [0.2, 0.25) is 0 Å². The van der Waals surface area contributed by atoms with Crippen molar-refractivity contribution in [3.05, 3.63) is 53.6 Å². The highest BCUT2D eigenvalue weighted by Gasteiger charge is 2.12. The van der Waals surface area contributed by atoms with Gasteiger partial charge in [0.25, 0.3) is 0 Å². The number of allylic oxidation sites excluding steroid dienone is 1. The van der Waals surface area contributed by atoms with Crippen LogP contribution in [0.4, 0.5) is 0 Å². The van der Waals surface area contributed by atoms with Crippen molar-refractivity contribution in [2.75, 3.05) is 0 Å². The fraction of sp³-hybridized carbons (Fsp3) is 0.143. The molecule has 0 nitrogen and oxygen atoms in total. The first-order valence-electron chi connectivity index (χ1n) is 5.06. The van der Waals surface area contributed by atoms with E-state index >= 15 is 0 Å². The Balaban J connectivity index is 2.52. The van der Waals surface area contributed by atoms with Crippen LogP contribution in [0.15, 0.2) is 42.5 Å². The molecular formula is C14H12. The highest BCUT2D eigenvalue weighted by atomic mass is 14.2. The van der Waals surface area contributed by atoms with E-state index in [1.165, 1.54) is 21.9 Å². The third-order valence-corrected chi connectivity index (χ3v) is 3.02. The van der Waals surface area contributed by atoms with Crippen molar-refractivity contribution in [2.45, 2.75) is 12.8 Å². The molecule has 0 aliphatic heterocycles. The summed E-state index contributed by atoms with van der Waals surface area (Å²) in [6, 6.07) is 13.1. The van der Waals surface area contributed by atoms with Crippen molar-refractivity contribution >= 4 is 16.8 Å². The molecule has 2 aromatic rings. The molecule has 0 N–H and O–H groups in total. The van der Waals surface area contributed by atoms with Gasteiger partial charge in [-0.1, -0.05) is 55.5 Å². The average molecular weight is 180 g/mol. The lowest BCUT2D eigenvalue weighted by Crippen LogP contribution is -1.96. The molecule has 0 radical (unpaired) electrons. The molecule has 1 aliphatic rings. The summed E-state index contributed by atoms with van der Waals surface area (Å²) in [6.45, 7) is 2.25. The van der Waals surface area contributed by atoms with Gasteiger partial charge in [-0.2, -0.15) is 0 Å². The van der Waals surface area contributed by atoms with Crippen LogP contribution in [0.3, 0.4) is 0 Å². The minimum Gasteiger partial charge on any atom is -0.0766 e. The van der Waals surface area contributed by atoms with Crippen LogP contribution in [-0.2, 0) is 0 Å². The van der Waals surface area contributed by atoms with E-state index in [1.54, 1.807) is 0 Å². The fourth-order valence-electron chi connectivity index (χ4n) is 2.27. The molecule has 0 spiro atoms. The van der Waals surface area contributed by atoms with Gasteiger partial charge in [-0.3, -0.25) is 0 Å². The Labute approximate surface area is 83.9 Å². The van der Waals surface area contributed by atoms with Gasteiger partial charge in [-0.05, 0) is 27.8 Å². The molecule has 2 aromatic carbocycles. The minimum atomic E-state index is 0.550. The zero-order valence-electron chi connectivity index (χ0n) is 8.20. The Morgan fingerprint density at radius 3 is 2.64 bits per heavy atom. The second-order valence-electron chi connectivity index (χ2n) is 3.94. The van der Waals surface area contributed by atoms with Crippen molar-refractivity contribution in [1.82, 2.24) is 0 Å². The van der Waals surface area contributed by atoms with Gasteiger partial charge in [0.15, 0.2) is 0 Å². The Bertz CT molecular complexity index is 515. The van der Waals surface area contributed by atoms with Crippen molar-refractivity contribution < 1.29 is 0 Å². The molecule has 1 atom stereocenters. The Hall–Kier alpha value is -1.56. The monoisotopic (exact) mass is 180 g/mol. The Kier molecular flexibility index (Phi) is 1.51. The third-order valence-electron chi connectivity index (χ3n) is 3.02. The molecule has 0 bridgehead atoms. The smallest absolute Gasteiger partial charge is 0.0000732 e. The summed E-state index contributed by atoms with van der Waals surface area (Å²) in [4.78, 5) is 0. The summed E-state index contributed by atoms with van der Waals surface area (Å²) < 4.78 is 0. The van der Waals surface area contributed by atoms with E-state index in [-0.39, 0.29) is 0 Å². The molecule has 14 heavy (non-hydrogen) atoms. The highest BCUT2D eigenvalue weighted by Crippen LogP contribution is 2.33. The minimum absolute atomic E-state index is 0.550. The molecule has 0 heterocycles. The van der Waals surface area contributed by atoms with Crippen molar-refractivity contribution in [3.63, 3.8) is 0 Å². The number of hydrogen-bond donors (Lipinski definition) is 0. The number of benzene rings is 2. The van der Waals surface area contributed by atoms with Crippen molar-refractivity contribution in [3.8, 4) is 0 Å². The van der Waals surface area contributed by atoms with Crippen molar-refractivity contribution in [1.29, 1.82) is 0 Å². The zero-order valence-corrected chi connectivity index (χ0v) is 8.20. The van der Waals surface area contributed by atoms with E-state index in [9.17, 15) is 0 Å². The first-order valence-corrected chi connectivity index (χ1v) is 5.06. The SMILES string of the molecule is C[C@@H]1C=Cc2cccc3cccc1c23. The predicted octanol–water partition coefficient (Wildman–Crippen LogP) is 3.97. The van der Waals surface area contributed by atoms with E-state index < -0.39 is 0 Å². The molecule has 0 saturated heterocycles. The van der Waals surface area contributed by atoms with Gasteiger partial charge in [0, 0.05) is 0 Å². The molecule has 68 valence electrons. The average Bonchev–Trinajstić information content (AvgIpc) is 2.24. The van der Waals surface area contributed by atoms with Gasteiger partial charge in [0.1, 0.15) is 0 Å². The third kappa shape index (κ3) is 0.941. The summed E-state index contributed by atoms with van der Waals surface area (Å²) in [7, 11) is 0. The summed E-state index contributed by atoms with van der Waals surface area (Å²) in [5, 5.41) is 2.79. The molecular weight excluding hydrogens is 168 g/mol. The summed E-state index contributed by atoms with van der Waals surface area (Å²) in [6.07, 6.45) is 4.51. The molecule has 1 aliphatic carbocycles. The van der Waals surface area contributed by atoms with Crippen LogP contribution < -0.4 is 0 Å². The van der Waals surface area contributed by atoms with Crippen LogP contribution in [-0.4, -0.2) is 0 Å². The van der Waals surface area contributed by atoms with Gasteiger partial charge < -0.3 is 0 Å². The lowest BCUT2D eigenvalue weighted by atomic mass is 9.87. The van der Waals surface area contributed by atoms with Crippen LogP contribution in [0.5, 0.6) is 0 Å². The molecule has 0 heteroatoms. The molecule has 0 amide bonds. The maximum atomic E-state index is 2.27. The van der Waals surface area contributed by atoms with Crippen LogP contribution in [0, 0.1) is 0 Å². The van der Waals surface area contributed by atoms with E-state index in [0.717, 1.165) is 0 Å². The van der Waals surface area contributed by atoms with Crippen molar-refractivity contribution in [2.24, 2.45) is 0 Å². The Morgan fingerprint density at radius 2 is 1.79 bits per heavy atom. The molecule has 3 rings (SSSR count). The number of hydrogen-bond acceptors (Lipinski definition) is 0. The number of rotatable bonds is 0. The molecule has 0 fully saturated rings. The summed E-state index contributed by atoms with van der Waals surface area (Å²) in [5.74, 6) is 0.550. The fourth-order valence-corrected chi connectivity index (χ4v) is 2.27.